The van der Waals surface area contributed by atoms with E-state index in [0.717, 1.165) is 18.2 Å². The SMILES string of the molecule is COC1(CNc2cc(F)ccc2[N+](=O)[O-])CCOC1. The number of nitro benzene ring substituents is 1. The zero-order valence-corrected chi connectivity index (χ0v) is 10.5. The number of rotatable bonds is 5. The summed E-state index contributed by atoms with van der Waals surface area (Å²) in [5.74, 6) is -0.526. The summed E-state index contributed by atoms with van der Waals surface area (Å²) in [5, 5.41) is 13.7. The molecule has 1 saturated heterocycles. The van der Waals surface area contributed by atoms with E-state index in [4.69, 9.17) is 9.47 Å². The Morgan fingerprint density at radius 3 is 3.00 bits per heavy atom. The quantitative estimate of drug-likeness (QED) is 0.654. The summed E-state index contributed by atoms with van der Waals surface area (Å²) in [6.07, 6.45) is 0.694. The van der Waals surface area contributed by atoms with Gasteiger partial charge in [-0.2, -0.15) is 0 Å². The summed E-state index contributed by atoms with van der Waals surface area (Å²) in [5.41, 5.74) is -0.528. The lowest BCUT2D eigenvalue weighted by Crippen LogP contribution is -2.39. The average molecular weight is 270 g/mol. The number of nitrogens with one attached hydrogen (secondary N) is 1. The van der Waals surface area contributed by atoms with Crippen LogP contribution in [-0.4, -0.2) is 37.4 Å². The predicted molar refractivity (Wildman–Crippen MR) is 66.7 cm³/mol. The summed E-state index contributed by atoms with van der Waals surface area (Å²) >= 11 is 0. The van der Waals surface area contributed by atoms with Gasteiger partial charge in [0.05, 0.1) is 11.5 Å². The fraction of sp³-hybridized carbons (Fsp3) is 0.500. The molecule has 19 heavy (non-hydrogen) atoms. The molecule has 1 fully saturated rings. The number of ether oxygens (including phenoxy) is 2. The van der Waals surface area contributed by atoms with Crippen LogP contribution in [-0.2, 0) is 9.47 Å². The fourth-order valence-electron chi connectivity index (χ4n) is 2.03. The van der Waals surface area contributed by atoms with Crippen molar-refractivity contribution in [3.63, 3.8) is 0 Å². The molecule has 0 amide bonds. The van der Waals surface area contributed by atoms with Crippen LogP contribution in [0.3, 0.4) is 0 Å². The second-order valence-electron chi connectivity index (χ2n) is 4.46. The van der Waals surface area contributed by atoms with Crippen molar-refractivity contribution in [3.8, 4) is 0 Å². The lowest BCUT2D eigenvalue weighted by Gasteiger charge is -2.26. The number of hydrogen-bond donors (Lipinski definition) is 1. The summed E-state index contributed by atoms with van der Waals surface area (Å²) in [6.45, 7) is 1.33. The molecular weight excluding hydrogens is 255 g/mol. The lowest BCUT2D eigenvalue weighted by atomic mass is 10.0. The molecule has 0 saturated carbocycles. The molecule has 1 atom stereocenters. The molecule has 1 aliphatic heterocycles. The van der Waals surface area contributed by atoms with Crippen molar-refractivity contribution in [3.05, 3.63) is 34.1 Å². The minimum Gasteiger partial charge on any atom is -0.378 e. The van der Waals surface area contributed by atoms with E-state index in [9.17, 15) is 14.5 Å². The number of halogens is 1. The molecule has 104 valence electrons. The Balaban J connectivity index is 2.14. The zero-order valence-electron chi connectivity index (χ0n) is 10.5. The van der Waals surface area contributed by atoms with E-state index in [1.807, 2.05) is 0 Å². The second-order valence-corrected chi connectivity index (χ2v) is 4.46. The first kappa shape index (κ1) is 13.7. The molecule has 1 aromatic carbocycles. The molecular formula is C12H15FN2O4. The van der Waals surface area contributed by atoms with Crippen LogP contribution in [0.4, 0.5) is 15.8 Å². The first-order valence-electron chi connectivity index (χ1n) is 5.87. The zero-order chi connectivity index (χ0) is 13.9. The van der Waals surface area contributed by atoms with Gasteiger partial charge in [-0.05, 0) is 6.07 Å². The van der Waals surface area contributed by atoms with Crippen molar-refractivity contribution < 1.29 is 18.8 Å². The van der Waals surface area contributed by atoms with Crippen LogP contribution in [0.1, 0.15) is 6.42 Å². The Hall–Kier alpha value is -1.73. The molecule has 7 heteroatoms. The third-order valence-electron chi connectivity index (χ3n) is 3.26. The number of benzene rings is 1. The van der Waals surface area contributed by atoms with Gasteiger partial charge in [0.15, 0.2) is 0 Å². The van der Waals surface area contributed by atoms with Crippen LogP contribution in [0.15, 0.2) is 18.2 Å². The molecule has 0 aliphatic carbocycles. The molecule has 1 aliphatic rings. The van der Waals surface area contributed by atoms with Crippen LogP contribution in [0.5, 0.6) is 0 Å². The topological polar surface area (TPSA) is 73.6 Å². The fourth-order valence-corrected chi connectivity index (χ4v) is 2.03. The van der Waals surface area contributed by atoms with Crippen LogP contribution in [0, 0.1) is 15.9 Å². The van der Waals surface area contributed by atoms with Gasteiger partial charge in [-0.25, -0.2) is 4.39 Å². The molecule has 1 N–H and O–H groups in total. The van der Waals surface area contributed by atoms with Gasteiger partial charge in [0.1, 0.15) is 17.1 Å². The second kappa shape index (κ2) is 5.50. The van der Waals surface area contributed by atoms with Gasteiger partial charge in [0, 0.05) is 38.8 Å². The first-order valence-corrected chi connectivity index (χ1v) is 5.87. The van der Waals surface area contributed by atoms with Crippen molar-refractivity contribution in [1.82, 2.24) is 0 Å². The largest absolute Gasteiger partial charge is 0.378 e. The average Bonchev–Trinajstić information content (AvgIpc) is 2.85. The van der Waals surface area contributed by atoms with E-state index in [-0.39, 0.29) is 11.4 Å². The Morgan fingerprint density at radius 2 is 2.42 bits per heavy atom. The van der Waals surface area contributed by atoms with Gasteiger partial charge in [-0.1, -0.05) is 0 Å². The van der Waals surface area contributed by atoms with Crippen LogP contribution in [0.25, 0.3) is 0 Å². The van der Waals surface area contributed by atoms with Gasteiger partial charge in [-0.3, -0.25) is 10.1 Å². The van der Waals surface area contributed by atoms with Gasteiger partial charge < -0.3 is 14.8 Å². The van der Waals surface area contributed by atoms with Crippen molar-refractivity contribution in [2.45, 2.75) is 12.0 Å². The van der Waals surface area contributed by atoms with Crippen LogP contribution < -0.4 is 5.32 Å². The molecule has 2 rings (SSSR count). The van der Waals surface area contributed by atoms with E-state index in [1.165, 1.54) is 0 Å². The summed E-state index contributed by atoms with van der Waals surface area (Å²) in [7, 11) is 1.57. The highest BCUT2D eigenvalue weighted by Gasteiger charge is 2.35. The number of methoxy groups -OCH3 is 1. The number of anilines is 1. The van der Waals surface area contributed by atoms with E-state index in [1.54, 1.807) is 7.11 Å². The first-order chi connectivity index (χ1) is 9.06. The normalized spacial score (nSPS) is 22.4. The molecule has 1 heterocycles. The van der Waals surface area contributed by atoms with Gasteiger partial charge in [0.2, 0.25) is 0 Å². The summed E-state index contributed by atoms with van der Waals surface area (Å²) < 4.78 is 23.8. The molecule has 0 spiro atoms. The maximum absolute atomic E-state index is 13.2. The maximum atomic E-state index is 13.2. The van der Waals surface area contributed by atoms with Crippen molar-refractivity contribution in [1.29, 1.82) is 0 Å². The van der Waals surface area contributed by atoms with Crippen molar-refractivity contribution in [2.75, 3.05) is 32.2 Å². The van der Waals surface area contributed by atoms with Crippen LogP contribution in [0.2, 0.25) is 0 Å². The highest BCUT2D eigenvalue weighted by Crippen LogP contribution is 2.28. The van der Waals surface area contributed by atoms with E-state index < -0.39 is 16.3 Å². The van der Waals surface area contributed by atoms with Crippen molar-refractivity contribution in [2.24, 2.45) is 0 Å². The van der Waals surface area contributed by atoms with E-state index in [0.29, 0.717) is 26.2 Å². The number of hydrogen-bond acceptors (Lipinski definition) is 5. The van der Waals surface area contributed by atoms with E-state index >= 15 is 0 Å². The molecule has 6 nitrogen and oxygen atoms in total. The monoisotopic (exact) mass is 270 g/mol. The minimum absolute atomic E-state index is 0.147. The highest BCUT2D eigenvalue weighted by molar-refractivity contribution is 5.61. The molecule has 1 unspecified atom stereocenters. The third kappa shape index (κ3) is 2.99. The van der Waals surface area contributed by atoms with Gasteiger partial charge in [0.25, 0.3) is 5.69 Å². The smallest absolute Gasteiger partial charge is 0.292 e. The summed E-state index contributed by atoms with van der Waals surface area (Å²) in [6, 6.07) is 3.31. The highest BCUT2D eigenvalue weighted by atomic mass is 19.1. The Labute approximate surface area is 109 Å². The summed E-state index contributed by atoms with van der Waals surface area (Å²) in [4.78, 5) is 10.3. The molecule has 0 aromatic heterocycles. The standard InChI is InChI=1S/C12H15FN2O4/c1-18-12(4-5-19-8-12)7-14-10-6-9(13)2-3-11(10)15(16)17/h2-3,6,14H,4-5,7-8H2,1H3. The Kier molecular flexibility index (Phi) is 3.96. The molecule has 1 aromatic rings. The van der Waals surface area contributed by atoms with Gasteiger partial charge in [-0.15, -0.1) is 0 Å². The molecule has 0 radical (unpaired) electrons. The Morgan fingerprint density at radius 1 is 1.63 bits per heavy atom. The molecule has 0 bridgehead atoms. The minimum atomic E-state index is -0.549. The lowest BCUT2D eigenvalue weighted by molar-refractivity contribution is -0.384. The maximum Gasteiger partial charge on any atom is 0.292 e. The third-order valence-corrected chi connectivity index (χ3v) is 3.26. The van der Waals surface area contributed by atoms with Crippen molar-refractivity contribution >= 4 is 11.4 Å². The van der Waals surface area contributed by atoms with E-state index in [2.05, 4.69) is 5.32 Å². The van der Waals surface area contributed by atoms with Crippen LogP contribution >= 0.6 is 0 Å². The number of nitrogens with zero attached hydrogens (tertiary/aromatic N) is 1. The predicted octanol–water partition coefficient (Wildman–Crippen LogP) is 1.95. The number of nitro groups is 1. The Bertz CT molecular complexity index is 475. The van der Waals surface area contributed by atoms with Gasteiger partial charge >= 0.3 is 0 Å².